The minimum atomic E-state index is 0. The van der Waals surface area contributed by atoms with Crippen LogP contribution in [0.25, 0.3) is 10.8 Å². The quantitative estimate of drug-likeness (QED) is 0.825. The highest BCUT2D eigenvalue weighted by Gasteiger charge is 1.98. The van der Waals surface area contributed by atoms with Crippen molar-refractivity contribution in [1.29, 1.82) is 0 Å². The predicted molar refractivity (Wildman–Crippen MR) is 74.8 cm³/mol. The third-order valence-corrected chi connectivity index (χ3v) is 2.68. The maximum atomic E-state index is 5.00. The van der Waals surface area contributed by atoms with E-state index in [0.717, 1.165) is 19.7 Å². The van der Waals surface area contributed by atoms with Crippen LogP contribution in [0.15, 0.2) is 42.5 Å². The Bertz CT molecular complexity index is 453. The fourth-order valence-electron chi connectivity index (χ4n) is 1.84. The Hall–Kier alpha value is -1.09. The van der Waals surface area contributed by atoms with Gasteiger partial charge in [0.1, 0.15) is 0 Å². The number of ether oxygens (including phenoxy) is 1. The number of hydrogen-bond acceptors (Lipinski definition) is 2. The van der Waals surface area contributed by atoms with E-state index in [2.05, 4.69) is 47.8 Å². The van der Waals surface area contributed by atoms with Crippen molar-refractivity contribution in [3.05, 3.63) is 48.0 Å². The number of fused-ring (bicyclic) bond motifs is 1. The van der Waals surface area contributed by atoms with Crippen LogP contribution in [-0.2, 0) is 11.3 Å². The highest BCUT2D eigenvalue weighted by molar-refractivity contribution is 5.85. The zero-order valence-electron chi connectivity index (χ0n) is 9.98. The highest BCUT2D eigenvalue weighted by Crippen LogP contribution is 2.17. The summed E-state index contributed by atoms with van der Waals surface area (Å²) in [7, 11) is 1.72. The van der Waals surface area contributed by atoms with Crippen molar-refractivity contribution in [2.24, 2.45) is 0 Å². The van der Waals surface area contributed by atoms with E-state index in [9.17, 15) is 0 Å². The number of halogens is 1. The van der Waals surface area contributed by atoms with Crippen LogP contribution in [-0.4, -0.2) is 20.3 Å². The van der Waals surface area contributed by atoms with E-state index >= 15 is 0 Å². The van der Waals surface area contributed by atoms with E-state index < -0.39 is 0 Å². The summed E-state index contributed by atoms with van der Waals surface area (Å²) in [4.78, 5) is 0. The van der Waals surface area contributed by atoms with Gasteiger partial charge in [-0.2, -0.15) is 0 Å². The molecule has 0 fully saturated rings. The zero-order valence-corrected chi connectivity index (χ0v) is 10.8. The molecule has 0 aliphatic rings. The summed E-state index contributed by atoms with van der Waals surface area (Å²) < 4.78 is 5.00. The molecule has 0 aliphatic heterocycles. The first-order chi connectivity index (χ1) is 7.92. The van der Waals surface area contributed by atoms with Gasteiger partial charge in [0.25, 0.3) is 0 Å². The van der Waals surface area contributed by atoms with Crippen LogP contribution in [0.1, 0.15) is 5.56 Å². The molecule has 2 rings (SSSR count). The molecule has 17 heavy (non-hydrogen) atoms. The van der Waals surface area contributed by atoms with Crippen molar-refractivity contribution in [1.82, 2.24) is 5.32 Å². The van der Waals surface area contributed by atoms with Crippen molar-refractivity contribution < 1.29 is 4.74 Å². The molecule has 0 bridgehead atoms. The Balaban J connectivity index is 0.00000144. The fraction of sp³-hybridized carbons (Fsp3) is 0.286. The van der Waals surface area contributed by atoms with Crippen LogP contribution in [0.4, 0.5) is 0 Å². The first-order valence-electron chi connectivity index (χ1n) is 5.58. The third-order valence-electron chi connectivity index (χ3n) is 2.68. The van der Waals surface area contributed by atoms with Crippen molar-refractivity contribution in [3.8, 4) is 0 Å². The molecule has 2 nitrogen and oxygen atoms in total. The van der Waals surface area contributed by atoms with Gasteiger partial charge in [0.2, 0.25) is 0 Å². The van der Waals surface area contributed by atoms with Crippen LogP contribution in [0.2, 0.25) is 0 Å². The molecule has 0 radical (unpaired) electrons. The van der Waals surface area contributed by atoms with Crippen LogP contribution >= 0.6 is 12.4 Å². The van der Waals surface area contributed by atoms with Crippen molar-refractivity contribution in [3.63, 3.8) is 0 Å². The van der Waals surface area contributed by atoms with E-state index in [4.69, 9.17) is 4.74 Å². The number of hydrogen-bond donors (Lipinski definition) is 1. The summed E-state index contributed by atoms with van der Waals surface area (Å²) in [5.41, 5.74) is 1.34. The minimum absolute atomic E-state index is 0. The SMILES string of the molecule is COCCNCc1cccc2ccccc12.Cl. The molecule has 0 unspecified atom stereocenters. The Morgan fingerprint density at radius 3 is 2.65 bits per heavy atom. The molecule has 3 heteroatoms. The van der Waals surface area contributed by atoms with E-state index in [-0.39, 0.29) is 12.4 Å². The smallest absolute Gasteiger partial charge is 0.0587 e. The van der Waals surface area contributed by atoms with Crippen molar-refractivity contribution in [2.45, 2.75) is 6.54 Å². The Labute approximate surface area is 108 Å². The Morgan fingerprint density at radius 2 is 1.82 bits per heavy atom. The average Bonchev–Trinajstić information content (AvgIpc) is 2.35. The van der Waals surface area contributed by atoms with E-state index in [1.165, 1.54) is 16.3 Å². The van der Waals surface area contributed by atoms with E-state index in [0.29, 0.717) is 0 Å². The number of methoxy groups -OCH3 is 1. The van der Waals surface area contributed by atoms with E-state index in [1.54, 1.807) is 7.11 Å². The average molecular weight is 252 g/mol. The summed E-state index contributed by atoms with van der Waals surface area (Å²) >= 11 is 0. The van der Waals surface area contributed by atoms with Gasteiger partial charge >= 0.3 is 0 Å². The number of benzene rings is 2. The minimum Gasteiger partial charge on any atom is -0.383 e. The molecule has 92 valence electrons. The molecule has 0 spiro atoms. The summed E-state index contributed by atoms with van der Waals surface area (Å²) in [5.74, 6) is 0. The van der Waals surface area contributed by atoms with Crippen molar-refractivity contribution >= 4 is 23.2 Å². The van der Waals surface area contributed by atoms with Gasteiger partial charge in [0, 0.05) is 20.2 Å². The molecule has 0 aromatic heterocycles. The summed E-state index contributed by atoms with van der Waals surface area (Å²) in [5, 5.41) is 6.00. The molecule has 0 aliphatic carbocycles. The molecule has 0 heterocycles. The van der Waals surface area contributed by atoms with Gasteiger partial charge in [-0.1, -0.05) is 42.5 Å². The largest absolute Gasteiger partial charge is 0.383 e. The molecular weight excluding hydrogens is 234 g/mol. The lowest BCUT2D eigenvalue weighted by Crippen LogP contribution is -2.18. The molecule has 2 aromatic rings. The van der Waals surface area contributed by atoms with Crippen LogP contribution in [0.5, 0.6) is 0 Å². The molecule has 2 aromatic carbocycles. The van der Waals surface area contributed by atoms with Gasteiger partial charge in [0.05, 0.1) is 6.61 Å². The van der Waals surface area contributed by atoms with Gasteiger partial charge in [-0.25, -0.2) is 0 Å². The van der Waals surface area contributed by atoms with Crippen LogP contribution < -0.4 is 5.32 Å². The summed E-state index contributed by atoms with van der Waals surface area (Å²) in [6, 6.07) is 14.9. The molecule has 0 amide bonds. The Kier molecular flexibility index (Phi) is 5.98. The first kappa shape index (κ1) is 14.0. The van der Waals surface area contributed by atoms with Gasteiger partial charge < -0.3 is 10.1 Å². The summed E-state index contributed by atoms with van der Waals surface area (Å²) in [6.07, 6.45) is 0. The second kappa shape index (κ2) is 7.28. The molecule has 0 saturated carbocycles. The standard InChI is InChI=1S/C14H17NO.ClH/c1-16-10-9-15-11-13-7-4-6-12-5-2-3-8-14(12)13;/h2-8,15H,9-11H2,1H3;1H. The van der Waals surface area contributed by atoms with Crippen molar-refractivity contribution in [2.75, 3.05) is 20.3 Å². The molecular formula is C14H18ClNO. The normalized spacial score (nSPS) is 10.2. The summed E-state index contributed by atoms with van der Waals surface area (Å²) in [6.45, 7) is 2.54. The van der Waals surface area contributed by atoms with Crippen LogP contribution in [0, 0.1) is 0 Å². The van der Waals surface area contributed by atoms with Gasteiger partial charge in [-0.05, 0) is 16.3 Å². The van der Waals surface area contributed by atoms with Gasteiger partial charge in [-0.3, -0.25) is 0 Å². The second-order valence-electron chi connectivity index (χ2n) is 3.81. The topological polar surface area (TPSA) is 21.3 Å². The third kappa shape index (κ3) is 3.70. The zero-order chi connectivity index (χ0) is 11.2. The second-order valence-corrected chi connectivity index (χ2v) is 3.81. The number of rotatable bonds is 5. The monoisotopic (exact) mass is 251 g/mol. The maximum Gasteiger partial charge on any atom is 0.0587 e. The molecule has 1 N–H and O–H groups in total. The lowest BCUT2D eigenvalue weighted by atomic mass is 10.0. The molecule has 0 saturated heterocycles. The van der Waals surface area contributed by atoms with Gasteiger partial charge in [0.15, 0.2) is 0 Å². The fourth-order valence-corrected chi connectivity index (χ4v) is 1.84. The lowest BCUT2D eigenvalue weighted by Gasteiger charge is -2.07. The maximum absolute atomic E-state index is 5.00. The number of nitrogens with one attached hydrogen (secondary N) is 1. The predicted octanol–water partition coefficient (Wildman–Crippen LogP) is 3.00. The van der Waals surface area contributed by atoms with E-state index in [1.807, 2.05) is 0 Å². The highest BCUT2D eigenvalue weighted by atomic mass is 35.5. The lowest BCUT2D eigenvalue weighted by molar-refractivity contribution is 0.199. The molecule has 0 atom stereocenters. The van der Waals surface area contributed by atoms with Crippen LogP contribution in [0.3, 0.4) is 0 Å². The first-order valence-corrected chi connectivity index (χ1v) is 5.58. The Morgan fingerprint density at radius 1 is 1.06 bits per heavy atom. The van der Waals surface area contributed by atoms with Gasteiger partial charge in [-0.15, -0.1) is 12.4 Å².